The van der Waals surface area contributed by atoms with Crippen LogP contribution in [0.3, 0.4) is 0 Å². The Bertz CT molecular complexity index is 586. The van der Waals surface area contributed by atoms with E-state index in [2.05, 4.69) is 12.2 Å². The zero-order chi connectivity index (χ0) is 27.6. The van der Waals surface area contributed by atoms with Gasteiger partial charge in [0.25, 0.3) is 0 Å². The molecule has 0 radical (unpaired) electrons. The summed E-state index contributed by atoms with van der Waals surface area (Å²) in [6.45, 7) is 2.90. The quantitative estimate of drug-likeness (QED) is 0.0982. The summed E-state index contributed by atoms with van der Waals surface area (Å²) in [6, 6.07) is -1.80. The minimum absolute atomic E-state index is 0.0231. The Balaban J connectivity index is 0. The molecule has 0 aliphatic carbocycles. The van der Waals surface area contributed by atoms with Crippen LogP contribution in [-0.4, -0.2) is 62.9 Å². The fourth-order valence-corrected chi connectivity index (χ4v) is 3.58. The molecule has 0 heterocycles. The lowest BCUT2D eigenvalue weighted by Crippen LogP contribution is -2.37. The number of carboxylic acids is 4. The first-order valence-corrected chi connectivity index (χ1v) is 13.5. The van der Waals surface area contributed by atoms with Crippen molar-refractivity contribution in [2.24, 2.45) is 5.73 Å². The highest BCUT2D eigenvalue weighted by molar-refractivity contribution is 5.75. The maximum Gasteiger partial charge on any atom is 0.320 e. The van der Waals surface area contributed by atoms with E-state index in [4.69, 9.17) is 26.2 Å². The number of rotatable bonds is 24. The van der Waals surface area contributed by atoms with Crippen molar-refractivity contribution in [1.82, 2.24) is 5.32 Å². The number of carboxylic acid groups (broad SMARTS) is 4. The summed E-state index contributed by atoms with van der Waals surface area (Å²) in [7, 11) is 0. The molecule has 2 unspecified atom stereocenters. The standard InChI is InChI=1S/C21H41NO4.C5H9NO4/c1-2-3-4-5-6-7-8-9-10-11-12-13-14-15-18-22-19(21(25)26)16-17-20(23)24;6-3(5(9)10)1-2-4(7)8/h19,22H,2-18H2,1H3,(H,23,24)(H,25,26);3H,1-2,6H2,(H,7,8)(H,9,10). The number of hydrogen-bond acceptors (Lipinski definition) is 6. The van der Waals surface area contributed by atoms with Crippen molar-refractivity contribution < 1.29 is 39.6 Å². The number of carbonyl (C=O) groups is 4. The molecular formula is C26H50N2O8. The van der Waals surface area contributed by atoms with Gasteiger partial charge in [0.05, 0.1) is 0 Å². The van der Waals surface area contributed by atoms with Crippen LogP contribution in [-0.2, 0) is 19.2 Å². The van der Waals surface area contributed by atoms with Gasteiger partial charge in [0.1, 0.15) is 12.1 Å². The van der Waals surface area contributed by atoms with Crippen LogP contribution in [0.15, 0.2) is 0 Å². The van der Waals surface area contributed by atoms with Crippen molar-refractivity contribution >= 4 is 23.9 Å². The SMILES string of the molecule is CCCCCCCCCCCCCCCCNC(CCC(=O)O)C(=O)O.NC(CCC(=O)O)C(=O)O. The molecule has 0 aliphatic heterocycles. The zero-order valence-corrected chi connectivity index (χ0v) is 22.1. The van der Waals surface area contributed by atoms with E-state index >= 15 is 0 Å². The topological polar surface area (TPSA) is 187 Å². The predicted octanol–water partition coefficient (Wildman–Crippen LogP) is 4.64. The first-order valence-electron chi connectivity index (χ1n) is 13.5. The summed E-state index contributed by atoms with van der Waals surface area (Å²) in [5.41, 5.74) is 5.00. The zero-order valence-electron chi connectivity index (χ0n) is 22.1. The van der Waals surface area contributed by atoms with E-state index in [1.807, 2.05) is 0 Å². The second-order valence-corrected chi connectivity index (χ2v) is 9.25. The van der Waals surface area contributed by atoms with E-state index in [-0.39, 0.29) is 25.7 Å². The van der Waals surface area contributed by atoms with Crippen LogP contribution in [0, 0.1) is 0 Å². The van der Waals surface area contributed by atoms with E-state index in [0.29, 0.717) is 6.54 Å². The summed E-state index contributed by atoms with van der Waals surface area (Å²) in [5, 5.41) is 36.9. The summed E-state index contributed by atoms with van der Waals surface area (Å²) >= 11 is 0. The lowest BCUT2D eigenvalue weighted by molar-refractivity contribution is -0.142. The Morgan fingerprint density at radius 1 is 0.611 bits per heavy atom. The lowest BCUT2D eigenvalue weighted by atomic mass is 10.0. The van der Waals surface area contributed by atoms with Crippen LogP contribution in [0.5, 0.6) is 0 Å². The van der Waals surface area contributed by atoms with Crippen LogP contribution < -0.4 is 11.1 Å². The van der Waals surface area contributed by atoms with E-state index in [1.54, 1.807) is 0 Å². The molecule has 212 valence electrons. The molecule has 10 nitrogen and oxygen atoms in total. The van der Waals surface area contributed by atoms with Gasteiger partial charge in [-0.2, -0.15) is 0 Å². The molecule has 2 atom stereocenters. The fraction of sp³-hybridized carbons (Fsp3) is 0.846. The van der Waals surface area contributed by atoms with Gasteiger partial charge in [-0.15, -0.1) is 0 Å². The van der Waals surface area contributed by atoms with Gasteiger partial charge in [-0.25, -0.2) is 0 Å². The van der Waals surface area contributed by atoms with E-state index in [9.17, 15) is 19.2 Å². The van der Waals surface area contributed by atoms with Gasteiger partial charge in [0.2, 0.25) is 0 Å². The van der Waals surface area contributed by atoms with Crippen molar-refractivity contribution in [3.05, 3.63) is 0 Å². The Morgan fingerprint density at radius 2 is 1.00 bits per heavy atom. The number of unbranched alkanes of at least 4 members (excludes halogenated alkanes) is 13. The molecule has 36 heavy (non-hydrogen) atoms. The van der Waals surface area contributed by atoms with Gasteiger partial charge in [-0.05, 0) is 25.8 Å². The average molecular weight is 519 g/mol. The molecule has 0 aromatic carbocycles. The molecule has 0 fully saturated rings. The second kappa shape index (κ2) is 25.9. The molecule has 0 aromatic rings. The highest BCUT2D eigenvalue weighted by Crippen LogP contribution is 2.13. The fourth-order valence-electron chi connectivity index (χ4n) is 3.58. The third kappa shape index (κ3) is 28.0. The number of hydrogen-bond donors (Lipinski definition) is 6. The molecule has 0 aromatic heterocycles. The van der Waals surface area contributed by atoms with Crippen molar-refractivity contribution in [3.63, 3.8) is 0 Å². The van der Waals surface area contributed by atoms with Gasteiger partial charge in [-0.3, -0.25) is 19.2 Å². The lowest BCUT2D eigenvalue weighted by Gasteiger charge is -2.13. The number of nitrogens with one attached hydrogen (secondary N) is 1. The molecule has 0 rings (SSSR count). The van der Waals surface area contributed by atoms with Gasteiger partial charge in [-0.1, -0.05) is 90.4 Å². The first-order chi connectivity index (χ1) is 17.1. The minimum atomic E-state index is -1.17. The van der Waals surface area contributed by atoms with Gasteiger partial charge in [0.15, 0.2) is 0 Å². The van der Waals surface area contributed by atoms with Gasteiger partial charge >= 0.3 is 23.9 Å². The van der Waals surface area contributed by atoms with Crippen molar-refractivity contribution in [2.75, 3.05) is 6.54 Å². The normalized spacial score (nSPS) is 12.3. The highest BCUT2D eigenvalue weighted by atomic mass is 16.4. The van der Waals surface area contributed by atoms with Crippen LogP contribution in [0.1, 0.15) is 122 Å². The smallest absolute Gasteiger partial charge is 0.320 e. The molecular weight excluding hydrogens is 468 g/mol. The third-order valence-electron chi connectivity index (χ3n) is 5.85. The number of aliphatic carboxylic acids is 4. The average Bonchev–Trinajstić information content (AvgIpc) is 2.81. The second-order valence-electron chi connectivity index (χ2n) is 9.25. The summed E-state index contributed by atoms with van der Waals surface area (Å²) < 4.78 is 0. The van der Waals surface area contributed by atoms with Crippen LogP contribution in [0.25, 0.3) is 0 Å². The highest BCUT2D eigenvalue weighted by Gasteiger charge is 2.17. The monoisotopic (exact) mass is 518 g/mol. The van der Waals surface area contributed by atoms with E-state index in [0.717, 1.165) is 12.8 Å². The maximum absolute atomic E-state index is 11.0. The van der Waals surface area contributed by atoms with Crippen molar-refractivity contribution in [1.29, 1.82) is 0 Å². The molecule has 7 N–H and O–H groups in total. The summed E-state index contributed by atoms with van der Waals surface area (Å²) in [4.78, 5) is 41.4. The first kappa shape index (κ1) is 36.0. The van der Waals surface area contributed by atoms with Crippen LogP contribution in [0.4, 0.5) is 0 Å². The largest absolute Gasteiger partial charge is 0.481 e. The third-order valence-corrected chi connectivity index (χ3v) is 5.85. The maximum atomic E-state index is 11.0. The Kier molecular flexibility index (Phi) is 25.9. The Hall–Kier alpha value is -2.20. The predicted molar refractivity (Wildman–Crippen MR) is 139 cm³/mol. The Morgan fingerprint density at radius 3 is 1.36 bits per heavy atom. The van der Waals surface area contributed by atoms with E-state index in [1.165, 1.54) is 77.0 Å². The molecule has 0 amide bonds. The Labute approximate surface area is 216 Å². The van der Waals surface area contributed by atoms with Gasteiger partial charge < -0.3 is 31.5 Å². The minimum Gasteiger partial charge on any atom is -0.481 e. The van der Waals surface area contributed by atoms with Crippen LogP contribution in [0.2, 0.25) is 0 Å². The van der Waals surface area contributed by atoms with Crippen molar-refractivity contribution in [2.45, 2.75) is 135 Å². The molecule has 0 aliphatic rings. The molecule has 0 saturated carbocycles. The molecule has 0 bridgehead atoms. The van der Waals surface area contributed by atoms with E-state index < -0.39 is 36.0 Å². The summed E-state index contributed by atoms with van der Waals surface area (Å²) in [5.74, 6) is -4.11. The molecule has 10 heteroatoms. The summed E-state index contributed by atoms with van der Waals surface area (Å²) in [6.07, 6.45) is 18.0. The number of nitrogens with two attached hydrogens (primary N) is 1. The molecule has 0 saturated heterocycles. The molecule has 0 spiro atoms. The van der Waals surface area contributed by atoms with Crippen LogP contribution >= 0.6 is 0 Å². The van der Waals surface area contributed by atoms with Crippen molar-refractivity contribution in [3.8, 4) is 0 Å². The van der Waals surface area contributed by atoms with Gasteiger partial charge in [0, 0.05) is 12.8 Å².